The third-order valence-corrected chi connectivity index (χ3v) is 11.6. The summed E-state index contributed by atoms with van der Waals surface area (Å²) in [6, 6.07) is 0. The van der Waals surface area contributed by atoms with Gasteiger partial charge in [-0.3, -0.25) is 9.59 Å². The summed E-state index contributed by atoms with van der Waals surface area (Å²) in [5.41, 5.74) is 2.35. The Morgan fingerprint density at radius 2 is 1.70 bits per heavy atom. The van der Waals surface area contributed by atoms with Gasteiger partial charge >= 0.3 is 5.97 Å². The number of hydrogen-bond acceptors (Lipinski definition) is 3. The normalized spacial score (nSPS) is 35.1. The second-order valence-corrected chi connectivity index (χ2v) is 14.6. The van der Waals surface area contributed by atoms with E-state index >= 15 is 0 Å². The molecule has 8 atom stereocenters. The molecule has 4 aliphatic rings. The van der Waals surface area contributed by atoms with Crippen molar-refractivity contribution >= 4 is 11.8 Å². The van der Waals surface area contributed by atoms with Gasteiger partial charge in [-0.05, 0) is 98.2 Å². The minimum Gasteiger partial charge on any atom is -0.461 e. The van der Waals surface area contributed by atoms with E-state index in [1.807, 2.05) is 0 Å². The highest BCUT2D eigenvalue weighted by molar-refractivity contribution is 5.78. The first-order valence-corrected chi connectivity index (χ1v) is 16.3. The third-order valence-electron chi connectivity index (χ3n) is 11.6. The average molecular weight is 547 g/mol. The van der Waals surface area contributed by atoms with E-state index in [4.69, 9.17) is 4.74 Å². The highest BCUT2D eigenvalue weighted by atomic mass is 16.5. The molecule has 0 amide bonds. The second-order valence-electron chi connectivity index (χ2n) is 14.6. The van der Waals surface area contributed by atoms with Gasteiger partial charge in [0.25, 0.3) is 0 Å². The highest BCUT2D eigenvalue weighted by Gasteiger charge is 2.59. The van der Waals surface area contributed by atoms with Crippen molar-refractivity contribution in [2.24, 2.45) is 46.3 Å². The van der Waals surface area contributed by atoms with Crippen LogP contribution >= 0.6 is 0 Å². The minimum atomic E-state index is -0.222. The van der Waals surface area contributed by atoms with Gasteiger partial charge in [0, 0.05) is 6.42 Å². The van der Waals surface area contributed by atoms with Crippen LogP contribution in [0.4, 0.5) is 0 Å². The zero-order chi connectivity index (χ0) is 28.9. The first-order valence-electron chi connectivity index (χ1n) is 16.3. The van der Waals surface area contributed by atoms with Gasteiger partial charge in [-0.1, -0.05) is 89.2 Å². The Labute approximate surface area is 245 Å². The van der Waals surface area contributed by atoms with Crippen LogP contribution in [0.5, 0.6) is 0 Å². The van der Waals surface area contributed by atoms with Crippen LogP contribution in [0, 0.1) is 70.0 Å². The third kappa shape index (κ3) is 6.89. The molecule has 0 aromatic heterocycles. The molecule has 0 aliphatic heterocycles. The van der Waals surface area contributed by atoms with E-state index in [0.29, 0.717) is 11.8 Å². The predicted molar refractivity (Wildman–Crippen MR) is 163 cm³/mol. The van der Waals surface area contributed by atoms with Crippen LogP contribution in [0.15, 0.2) is 11.6 Å². The van der Waals surface area contributed by atoms with E-state index < -0.39 is 0 Å². The van der Waals surface area contributed by atoms with E-state index in [9.17, 15) is 9.59 Å². The number of Topliss-reactive ketones (excluding diaryl/α,β-unsaturated/α-hetero) is 1. The van der Waals surface area contributed by atoms with Crippen LogP contribution in [0.25, 0.3) is 0 Å². The molecule has 40 heavy (non-hydrogen) atoms. The SMILES string of the molecule is CC(=O)CC#CCC#CCC(=O)OC1CCC2(C)C(=CCC3C2CCC2(C)C(C(C)CCCC(C)C)CCC32)C1. The van der Waals surface area contributed by atoms with Crippen LogP contribution in [-0.2, 0) is 14.3 Å². The fourth-order valence-electron chi connectivity index (χ4n) is 9.47. The molecule has 0 saturated heterocycles. The van der Waals surface area contributed by atoms with Crippen LogP contribution in [0.3, 0.4) is 0 Å². The Hall–Kier alpha value is -2.00. The van der Waals surface area contributed by atoms with Crippen LogP contribution in [-0.4, -0.2) is 17.9 Å². The van der Waals surface area contributed by atoms with Gasteiger partial charge in [0.2, 0.25) is 0 Å². The number of allylic oxidation sites excluding steroid dienone is 1. The molecule has 4 aliphatic carbocycles. The van der Waals surface area contributed by atoms with Gasteiger partial charge in [0.15, 0.2) is 0 Å². The summed E-state index contributed by atoms with van der Waals surface area (Å²) in [4.78, 5) is 23.4. The molecule has 0 bridgehead atoms. The second kappa shape index (κ2) is 13.3. The highest BCUT2D eigenvalue weighted by Crippen LogP contribution is 2.67. The first kappa shape index (κ1) is 30.9. The number of carbonyl (C=O) groups excluding carboxylic acids is 2. The van der Waals surface area contributed by atoms with Crippen molar-refractivity contribution in [1.29, 1.82) is 0 Å². The number of esters is 1. The van der Waals surface area contributed by atoms with Gasteiger partial charge in [-0.15, -0.1) is 0 Å². The topological polar surface area (TPSA) is 43.4 Å². The molecular weight excluding hydrogens is 492 g/mol. The maximum atomic E-state index is 12.5. The molecule has 0 aromatic carbocycles. The lowest BCUT2D eigenvalue weighted by Gasteiger charge is -2.58. The summed E-state index contributed by atoms with van der Waals surface area (Å²) in [5.74, 6) is 16.3. The lowest BCUT2D eigenvalue weighted by Crippen LogP contribution is -2.51. The van der Waals surface area contributed by atoms with Gasteiger partial charge < -0.3 is 4.74 Å². The Morgan fingerprint density at radius 3 is 2.42 bits per heavy atom. The van der Waals surface area contributed by atoms with Gasteiger partial charge in [-0.25, -0.2) is 0 Å². The largest absolute Gasteiger partial charge is 0.461 e. The molecule has 0 heterocycles. The fraction of sp³-hybridized carbons (Fsp3) is 0.784. The van der Waals surface area contributed by atoms with Gasteiger partial charge in [-0.2, -0.15) is 0 Å². The van der Waals surface area contributed by atoms with Crippen molar-refractivity contribution < 1.29 is 14.3 Å². The Morgan fingerprint density at radius 1 is 0.950 bits per heavy atom. The first-order chi connectivity index (χ1) is 19.0. The number of ketones is 1. The summed E-state index contributed by atoms with van der Waals surface area (Å²) in [7, 11) is 0. The molecule has 220 valence electrons. The Kier molecular flexibility index (Phi) is 10.3. The maximum absolute atomic E-state index is 12.5. The zero-order valence-electron chi connectivity index (χ0n) is 26.2. The number of fused-ring (bicyclic) bond motifs is 5. The number of ether oxygens (including phenoxy) is 1. The number of rotatable bonds is 8. The average Bonchev–Trinajstić information content (AvgIpc) is 3.25. The summed E-state index contributed by atoms with van der Waals surface area (Å²) >= 11 is 0. The van der Waals surface area contributed by atoms with Crippen molar-refractivity contribution in [3.05, 3.63) is 11.6 Å². The molecule has 0 radical (unpaired) electrons. The number of carbonyl (C=O) groups is 2. The predicted octanol–water partition coefficient (Wildman–Crippen LogP) is 8.71. The lowest BCUT2D eigenvalue weighted by molar-refractivity contribution is -0.150. The number of hydrogen-bond donors (Lipinski definition) is 0. The van der Waals surface area contributed by atoms with E-state index in [-0.39, 0.29) is 36.1 Å². The van der Waals surface area contributed by atoms with Crippen molar-refractivity contribution in [1.82, 2.24) is 0 Å². The Bertz CT molecular complexity index is 1080. The molecule has 8 unspecified atom stereocenters. The monoisotopic (exact) mass is 546 g/mol. The van der Waals surface area contributed by atoms with E-state index in [1.165, 1.54) is 58.3 Å². The van der Waals surface area contributed by atoms with Crippen molar-refractivity contribution in [3.8, 4) is 23.7 Å². The molecule has 0 aromatic rings. The van der Waals surface area contributed by atoms with Crippen LogP contribution < -0.4 is 0 Å². The molecule has 3 fully saturated rings. The van der Waals surface area contributed by atoms with E-state index in [0.717, 1.165) is 54.8 Å². The fourth-order valence-corrected chi connectivity index (χ4v) is 9.47. The summed E-state index contributed by atoms with van der Waals surface area (Å²) in [6.07, 6.45) is 17.3. The maximum Gasteiger partial charge on any atom is 0.318 e. The zero-order valence-corrected chi connectivity index (χ0v) is 26.2. The molecule has 3 nitrogen and oxygen atoms in total. The Balaban J connectivity index is 1.32. The van der Waals surface area contributed by atoms with Crippen LogP contribution in [0.2, 0.25) is 0 Å². The summed E-state index contributed by atoms with van der Waals surface area (Å²) < 4.78 is 5.89. The molecule has 3 heteroatoms. The van der Waals surface area contributed by atoms with Crippen molar-refractivity contribution in [2.45, 2.75) is 138 Å². The van der Waals surface area contributed by atoms with E-state index in [2.05, 4.69) is 64.4 Å². The van der Waals surface area contributed by atoms with Crippen molar-refractivity contribution in [3.63, 3.8) is 0 Å². The molecule has 0 spiro atoms. The molecule has 4 rings (SSSR count). The molecule has 0 N–H and O–H groups in total. The van der Waals surface area contributed by atoms with E-state index in [1.54, 1.807) is 5.57 Å². The molecule has 3 saturated carbocycles. The van der Waals surface area contributed by atoms with Crippen LogP contribution in [0.1, 0.15) is 131 Å². The smallest absolute Gasteiger partial charge is 0.318 e. The summed E-state index contributed by atoms with van der Waals surface area (Å²) in [5, 5.41) is 0. The van der Waals surface area contributed by atoms with Gasteiger partial charge in [0.05, 0.1) is 12.8 Å². The van der Waals surface area contributed by atoms with Gasteiger partial charge in [0.1, 0.15) is 18.3 Å². The quantitative estimate of drug-likeness (QED) is 0.174. The molecular formula is C37H54O3. The minimum absolute atomic E-state index is 0.0167. The van der Waals surface area contributed by atoms with Crippen molar-refractivity contribution in [2.75, 3.05) is 0 Å². The lowest BCUT2D eigenvalue weighted by atomic mass is 9.47. The standard InChI is InChI=1S/C37H54O3/c1-26(2)13-12-14-27(3)32-19-20-33-31-18-17-29-25-30(21-23-36(29,5)34(31)22-24-37(32,33)6)40-35(39)16-11-9-7-8-10-15-28(4)38/h17,26-27,30-34H,7,12-16,18-25H2,1-6H3. The summed E-state index contributed by atoms with van der Waals surface area (Å²) in [6.45, 7) is 14.0.